The maximum atomic E-state index is 13.7. The summed E-state index contributed by atoms with van der Waals surface area (Å²) in [4.78, 5) is 0. The molecule has 0 spiro atoms. The van der Waals surface area contributed by atoms with E-state index in [0.29, 0.717) is 5.92 Å². The Kier molecular flexibility index (Phi) is 7.34. The normalized spacial score (nSPS) is 27.9. The average molecular weight is 552 g/mol. The fourth-order valence-electron chi connectivity index (χ4n) is 5.70. The molecule has 1 aromatic heterocycles. The molecule has 0 amide bonds. The van der Waals surface area contributed by atoms with E-state index in [0.717, 1.165) is 36.1 Å². The van der Waals surface area contributed by atoms with Gasteiger partial charge in [0.15, 0.2) is 17.5 Å². The van der Waals surface area contributed by atoms with Gasteiger partial charge in [-0.1, -0.05) is 29.5 Å². The molecule has 5 rings (SSSR count). The van der Waals surface area contributed by atoms with E-state index < -0.39 is 62.7 Å². The molecule has 0 radical (unpaired) electrons. The summed E-state index contributed by atoms with van der Waals surface area (Å²) in [7, 11) is -1.32. The Bertz CT molecular complexity index is 1290. The molecule has 1 unspecified atom stereocenters. The number of rotatable bonds is 7. The maximum absolute atomic E-state index is 13.7. The van der Waals surface area contributed by atoms with Gasteiger partial charge in [0, 0.05) is 21.8 Å². The number of hydrogen-bond donors (Lipinski definition) is 5. The van der Waals surface area contributed by atoms with Crippen molar-refractivity contribution in [1.82, 2.24) is 15.0 Å². The third-order valence-electron chi connectivity index (χ3n) is 7.55. The zero-order chi connectivity index (χ0) is 27.4. The van der Waals surface area contributed by atoms with Crippen LogP contribution in [0.5, 0.6) is 0 Å². The van der Waals surface area contributed by atoms with E-state index in [1.165, 1.54) is 10.9 Å². The molecule has 1 saturated heterocycles. The Hall–Kier alpha value is -2.44. The van der Waals surface area contributed by atoms with E-state index in [4.69, 9.17) is 0 Å². The summed E-state index contributed by atoms with van der Waals surface area (Å²) < 4.78 is 42.1. The predicted molar refractivity (Wildman–Crippen MR) is 139 cm³/mol. The van der Waals surface area contributed by atoms with Gasteiger partial charge in [-0.3, -0.25) is 0 Å². The largest absolute Gasteiger partial charge is 0.395 e. The van der Waals surface area contributed by atoms with Crippen LogP contribution in [0.25, 0.3) is 11.3 Å². The molecule has 1 aliphatic carbocycles. The van der Waals surface area contributed by atoms with E-state index in [1.54, 1.807) is 13.8 Å². The minimum absolute atomic E-state index is 0.0308. The van der Waals surface area contributed by atoms with Gasteiger partial charge >= 0.3 is 0 Å². The van der Waals surface area contributed by atoms with Gasteiger partial charge < -0.3 is 20.4 Å². The summed E-state index contributed by atoms with van der Waals surface area (Å²) in [5.74, 6) is -3.71. The second-order valence-corrected chi connectivity index (χ2v) is 13.4. The number of nitrogens with zero attached hydrogens (tertiary/aromatic N) is 3. The van der Waals surface area contributed by atoms with E-state index >= 15 is 0 Å². The number of aromatic nitrogens is 3. The van der Waals surface area contributed by atoms with Crippen molar-refractivity contribution in [2.75, 3.05) is 12.4 Å². The molecule has 6 atom stereocenters. The number of aliphatic hydroxyl groups is 4. The molecule has 7 nitrogen and oxygen atoms in total. The molecular weight excluding hydrogens is 519 g/mol. The van der Waals surface area contributed by atoms with Crippen LogP contribution in [0, 0.1) is 17.5 Å². The Labute approximate surface area is 221 Å². The molecule has 206 valence electrons. The molecule has 3 aromatic rings. The van der Waals surface area contributed by atoms with Crippen molar-refractivity contribution in [2.24, 2.45) is 0 Å². The predicted octanol–water partition coefficient (Wildman–Crippen LogP) is 3.39. The minimum atomic E-state index is -1.59. The van der Waals surface area contributed by atoms with Crippen LogP contribution in [0.4, 0.5) is 13.2 Å². The molecular formula is C27H32F3N3O4S. The highest BCUT2D eigenvalue weighted by Gasteiger charge is 2.49. The Morgan fingerprint density at radius 2 is 1.76 bits per heavy atom. The third kappa shape index (κ3) is 4.98. The first-order valence-corrected chi connectivity index (χ1v) is 14.3. The van der Waals surface area contributed by atoms with Crippen molar-refractivity contribution in [3.8, 4) is 11.3 Å². The van der Waals surface area contributed by atoms with Crippen LogP contribution in [0.2, 0.25) is 0 Å². The van der Waals surface area contributed by atoms with Gasteiger partial charge in [-0.2, -0.15) is 0 Å². The number of thiol groups is 1. The molecule has 0 bridgehead atoms. The van der Waals surface area contributed by atoms with Gasteiger partial charge in [-0.25, -0.2) is 28.7 Å². The third-order valence-corrected chi connectivity index (χ3v) is 11.2. The molecule has 2 fully saturated rings. The van der Waals surface area contributed by atoms with E-state index in [2.05, 4.69) is 16.4 Å². The number of halogens is 3. The van der Waals surface area contributed by atoms with Crippen LogP contribution >= 0.6 is 10.9 Å². The first kappa shape index (κ1) is 27.1. The topological polar surface area (TPSA) is 112 Å². The number of aliphatic hydroxyl groups excluding tert-OH is 3. The van der Waals surface area contributed by atoms with Crippen LogP contribution < -0.4 is 0 Å². The van der Waals surface area contributed by atoms with Crippen molar-refractivity contribution in [2.45, 2.75) is 67.0 Å². The highest BCUT2D eigenvalue weighted by Crippen LogP contribution is 2.59. The molecule has 2 heterocycles. The van der Waals surface area contributed by atoms with Crippen LogP contribution in [-0.2, 0) is 0 Å². The molecule has 11 heteroatoms. The lowest BCUT2D eigenvalue weighted by molar-refractivity contribution is 0.00570. The molecule has 2 aromatic carbocycles. The van der Waals surface area contributed by atoms with E-state index in [9.17, 15) is 33.6 Å². The monoisotopic (exact) mass is 551 g/mol. The quantitative estimate of drug-likeness (QED) is 0.227. The molecule has 1 aliphatic heterocycles. The van der Waals surface area contributed by atoms with Crippen molar-refractivity contribution >= 4 is 10.9 Å². The first-order chi connectivity index (χ1) is 18.0. The fraction of sp³-hybridized carbons (Fsp3) is 0.481. The number of benzene rings is 2. The Morgan fingerprint density at radius 3 is 2.37 bits per heavy atom. The summed E-state index contributed by atoms with van der Waals surface area (Å²) in [5.41, 5.74) is 0.932. The van der Waals surface area contributed by atoms with Crippen LogP contribution in [0.3, 0.4) is 0 Å². The Balaban J connectivity index is 1.48. The highest BCUT2D eigenvalue weighted by atomic mass is 32.2. The first-order valence-electron chi connectivity index (χ1n) is 12.6. The number of hydrogen-bond acceptors (Lipinski definition) is 6. The average Bonchev–Trinajstić information content (AvgIpc) is 3.59. The zero-order valence-electron chi connectivity index (χ0n) is 21.0. The van der Waals surface area contributed by atoms with Gasteiger partial charge in [0.25, 0.3) is 0 Å². The van der Waals surface area contributed by atoms with Crippen LogP contribution in [0.15, 0.2) is 42.6 Å². The molecule has 38 heavy (non-hydrogen) atoms. The smallest absolute Gasteiger partial charge is 0.194 e. The highest BCUT2D eigenvalue weighted by molar-refractivity contribution is 8.18. The van der Waals surface area contributed by atoms with Gasteiger partial charge in [-0.05, 0) is 55.9 Å². The van der Waals surface area contributed by atoms with Crippen molar-refractivity contribution < 1.29 is 33.6 Å². The van der Waals surface area contributed by atoms with Crippen molar-refractivity contribution in [1.29, 1.82) is 0 Å². The molecule has 1 saturated carbocycles. The summed E-state index contributed by atoms with van der Waals surface area (Å²) in [6.45, 7) is 3.06. The van der Waals surface area contributed by atoms with Crippen molar-refractivity contribution in [3.63, 3.8) is 0 Å². The van der Waals surface area contributed by atoms with Crippen LogP contribution in [-0.4, -0.2) is 70.8 Å². The van der Waals surface area contributed by atoms with E-state index in [1.807, 2.05) is 18.2 Å². The fourth-order valence-corrected chi connectivity index (χ4v) is 9.40. The Morgan fingerprint density at radius 1 is 1.11 bits per heavy atom. The van der Waals surface area contributed by atoms with E-state index in [-0.39, 0.29) is 23.6 Å². The van der Waals surface area contributed by atoms with Gasteiger partial charge in [0.05, 0.1) is 30.6 Å². The molecule has 2 aliphatic rings. The SMILES string of the molecule is CC(C)(O)[C@H](c1ccccc1C1CC1)[SH]1C[C@H](O)[C@H](n2cc(-c3cc(F)c(F)c(F)c3)nn2)[C@@H](O)[C@H]1CO. The zero-order valence-corrected chi connectivity index (χ0v) is 21.9. The summed E-state index contributed by atoms with van der Waals surface area (Å²) in [5, 5.41) is 51.3. The minimum Gasteiger partial charge on any atom is -0.395 e. The standard InChI is InChI=1S/C27H32F3N3O4S/c1-27(2,37)26(17-6-4-3-5-16(17)14-7-8-14)38-13-21(35)24(25(36)22(38)12-34)33-11-20(31-32-33)15-9-18(28)23(30)19(29)10-15/h3-6,9-11,14,21-22,24-26,34-38H,7-8,12-13H2,1-2H3/t21-,22+,24-,25-,26-/m0/s1. The lowest BCUT2D eigenvalue weighted by Gasteiger charge is -2.51. The van der Waals surface area contributed by atoms with Crippen LogP contribution in [0.1, 0.15) is 55.0 Å². The van der Waals surface area contributed by atoms with Gasteiger partial charge in [0.1, 0.15) is 11.7 Å². The van der Waals surface area contributed by atoms with Gasteiger partial charge in [-0.15, -0.1) is 5.10 Å². The lowest BCUT2D eigenvalue weighted by atomic mass is 9.92. The van der Waals surface area contributed by atoms with Crippen molar-refractivity contribution in [3.05, 3.63) is 71.2 Å². The summed E-state index contributed by atoms with van der Waals surface area (Å²) in [6.07, 6.45) is 1.11. The summed E-state index contributed by atoms with van der Waals surface area (Å²) in [6, 6.07) is 8.53. The maximum Gasteiger partial charge on any atom is 0.194 e. The second kappa shape index (κ2) is 10.3. The lowest BCUT2D eigenvalue weighted by Crippen LogP contribution is -2.52. The van der Waals surface area contributed by atoms with Gasteiger partial charge in [0.2, 0.25) is 0 Å². The molecule has 4 N–H and O–H groups in total. The summed E-state index contributed by atoms with van der Waals surface area (Å²) >= 11 is 0. The second-order valence-electron chi connectivity index (χ2n) is 10.8.